The van der Waals surface area contributed by atoms with Gasteiger partial charge in [-0.25, -0.2) is 0 Å². The molecule has 0 radical (unpaired) electrons. The molecule has 0 aliphatic carbocycles. The molecule has 1 aliphatic heterocycles. The van der Waals surface area contributed by atoms with Crippen LogP contribution in [-0.2, 0) is 4.74 Å². The van der Waals surface area contributed by atoms with E-state index in [-0.39, 0.29) is 6.04 Å². The molecule has 0 saturated heterocycles. The summed E-state index contributed by atoms with van der Waals surface area (Å²) in [5.41, 5.74) is 6.93. The molecule has 1 heterocycles. The van der Waals surface area contributed by atoms with Gasteiger partial charge in [-0.15, -0.1) is 0 Å². The highest BCUT2D eigenvalue weighted by atomic mass is 16.5. The van der Waals surface area contributed by atoms with Crippen molar-refractivity contribution in [1.29, 1.82) is 0 Å². The molecule has 1 aliphatic rings. The minimum Gasteiger partial charge on any atom is -0.498 e. The topological polar surface area (TPSA) is 35.2 Å². The lowest BCUT2D eigenvalue weighted by Gasteiger charge is -2.21. The molecule has 1 rings (SSSR count). The zero-order valence-electron chi connectivity index (χ0n) is 5.98. The van der Waals surface area contributed by atoms with E-state index in [9.17, 15) is 0 Å². The fourth-order valence-electron chi connectivity index (χ4n) is 0.930. The van der Waals surface area contributed by atoms with Gasteiger partial charge in [0.05, 0.1) is 12.4 Å². The van der Waals surface area contributed by atoms with Crippen molar-refractivity contribution in [3.05, 3.63) is 11.3 Å². The van der Waals surface area contributed by atoms with Crippen molar-refractivity contribution >= 4 is 0 Å². The predicted molar refractivity (Wildman–Crippen MR) is 36.9 cm³/mol. The third kappa shape index (κ3) is 1.24. The van der Waals surface area contributed by atoms with Crippen molar-refractivity contribution in [2.45, 2.75) is 26.3 Å². The summed E-state index contributed by atoms with van der Waals surface area (Å²) >= 11 is 0. The Morgan fingerprint density at radius 2 is 2.22 bits per heavy atom. The molecule has 0 aromatic heterocycles. The van der Waals surface area contributed by atoms with E-state index in [0.717, 1.165) is 18.8 Å². The van der Waals surface area contributed by atoms with Crippen LogP contribution in [0.25, 0.3) is 0 Å². The third-order valence-electron chi connectivity index (χ3n) is 1.86. The maximum absolute atomic E-state index is 5.73. The normalized spacial score (nSPS) is 28.1. The number of hydrogen-bond acceptors (Lipinski definition) is 2. The van der Waals surface area contributed by atoms with Gasteiger partial charge in [-0.05, 0) is 19.4 Å². The lowest BCUT2D eigenvalue weighted by Crippen LogP contribution is -2.27. The second-order valence-corrected chi connectivity index (χ2v) is 2.48. The molecule has 0 aromatic rings. The first-order chi connectivity index (χ1) is 4.22. The molecule has 0 aromatic carbocycles. The Kier molecular flexibility index (Phi) is 1.76. The number of nitrogens with two attached hydrogens (primary N) is 1. The van der Waals surface area contributed by atoms with Gasteiger partial charge < -0.3 is 10.5 Å². The molecule has 2 nitrogen and oxygen atoms in total. The Balaban J connectivity index is 2.72. The summed E-state index contributed by atoms with van der Waals surface area (Å²) in [6, 6.07) is 0.235. The maximum Gasteiger partial charge on any atom is 0.0933 e. The summed E-state index contributed by atoms with van der Waals surface area (Å²) < 4.78 is 5.26. The summed E-state index contributed by atoms with van der Waals surface area (Å²) in [5.74, 6) is 1.01. The fourth-order valence-corrected chi connectivity index (χ4v) is 0.930. The quantitative estimate of drug-likeness (QED) is 0.527. The van der Waals surface area contributed by atoms with E-state index in [0.29, 0.717) is 0 Å². The lowest BCUT2D eigenvalue weighted by atomic mass is 10.0. The summed E-state index contributed by atoms with van der Waals surface area (Å²) in [6.07, 6.45) is 0.961. The van der Waals surface area contributed by atoms with Gasteiger partial charge in [0, 0.05) is 12.5 Å². The molecular formula is C7H13NO. The number of ether oxygens (including phenoxy) is 1. The highest BCUT2D eigenvalue weighted by Crippen LogP contribution is 2.16. The van der Waals surface area contributed by atoms with Crippen LogP contribution in [0.3, 0.4) is 0 Å². The van der Waals surface area contributed by atoms with Crippen molar-refractivity contribution in [3.8, 4) is 0 Å². The Labute approximate surface area is 55.7 Å². The van der Waals surface area contributed by atoms with Gasteiger partial charge in [0.2, 0.25) is 0 Å². The van der Waals surface area contributed by atoms with E-state index in [1.165, 1.54) is 5.57 Å². The first-order valence-electron chi connectivity index (χ1n) is 3.27. The second-order valence-electron chi connectivity index (χ2n) is 2.48. The van der Waals surface area contributed by atoms with Gasteiger partial charge in [-0.1, -0.05) is 0 Å². The first-order valence-corrected chi connectivity index (χ1v) is 3.27. The smallest absolute Gasteiger partial charge is 0.0933 e. The molecule has 2 N–H and O–H groups in total. The van der Waals surface area contributed by atoms with Crippen LogP contribution >= 0.6 is 0 Å². The van der Waals surface area contributed by atoms with Crippen LogP contribution < -0.4 is 5.73 Å². The van der Waals surface area contributed by atoms with Gasteiger partial charge in [0.15, 0.2) is 0 Å². The zero-order chi connectivity index (χ0) is 6.85. The van der Waals surface area contributed by atoms with E-state index in [2.05, 4.69) is 0 Å². The largest absolute Gasteiger partial charge is 0.498 e. The molecular weight excluding hydrogens is 114 g/mol. The Morgan fingerprint density at radius 3 is 2.67 bits per heavy atom. The molecule has 9 heavy (non-hydrogen) atoms. The van der Waals surface area contributed by atoms with Gasteiger partial charge in [0.1, 0.15) is 0 Å². The summed E-state index contributed by atoms with van der Waals surface area (Å²) in [4.78, 5) is 0. The summed E-state index contributed by atoms with van der Waals surface area (Å²) in [7, 11) is 0. The molecule has 0 fully saturated rings. The standard InChI is InChI=1S/C7H13NO/c1-5-6(2)9-4-3-7(5)8/h7H,3-4,8H2,1-2H3. The Bertz CT molecular complexity index is 140. The van der Waals surface area contributed by atoms with Crippen molar-refractivity contribution < 1.29 is 4.74 Å². The minimum atomic E-state index is 0.235. The Hall–Kier alpha value is -0.500. The van der Waals surface area contributed by atoms with Crippen LogP contribution in [0, 0.1) is 0 Å². The van der Waals surface area contributed by atoms with E-state index in [4.69, 9.17) is 10.5 Å². The highest BCUT2D eigenvalue weighted by Gasteiger charge is 2.13. The van der Waals surface area contributed by atoms with Crippen LogP contribution in [0.15, 0.2) is 11.3 Å². The predicted octanol–water partition coefficient (Wildman–Crippen LogP) is 1.03. The van der Waals surface area contributed by atoms with Gasteiger partial charge in [-0.3, -0.25) is 0 Å². The van der Waals surface area contributed by atoms with Crippen molar-refractivity contribution in [1.82, 2.24) is 0 Å². The third-order valence-corrected chi connectivity index (χ3v) is 1.86. The number of rotatable bonds is 0. The molecule has 1 atom stereocenters. The summed E-state index contributed by atoms with van der Waals surface area (Å²) in [5, 5.41) is 0. The van der Waals surface area contributed by atoms with Crippen LogP contribution in [-0.4, -0.2) is 12.6 Å². The Morgan fingerprint density at radius 1 is 1.56 bits per heavy atom. The minimum absolute atomic E-state index is 0.235. The van der Waals surface area contributed by atoms with Crippen LogP contribution in [0.1, 0.15) is 20.3 Å². The molecule has 0 amide bonds. The average Bonchev–Trinajstić information content (AvgIpc) is 1.83. The lowest BCUT2D eigenvalue weighted by molar-refractivity contribution is 0.182. The van der Waals surface area contributed by atoms with E-state index < -0.39 is 0 Å². The number of allylic oxidation sites excluding steroid dienone is 1. The molecule has 52 valence electrons. The molecule has 0 bridgehead atoms. The second kappa shape index (κ2) is 2.40. The molecule has 0 saturated carbocycles. The van der Waals surface area contributed by atoms with Crippen LogP contribution in [0.2, 0.25) is 0 Å². The molecule has 1 unspecified atom stereocenters. The summed E-state index contributed by atoms with van der Waals surface area (Å²) in [6.45, 7) is 4.78. The van der Waals surface area contributed by atoms with E-state index in [1.807, 2.05) is 13.8 Å². The van der Waals surface area contributed by atoms with E-state index in [1.54, 1.807) is 0 Å². The SMILES string of the molecule is CC1=C(C)C(N)CCO1. The van der Waals surface area contributed by atoms with E-state index >= 15 is 0 Å². The van der Waals surface area contributed by atoms with Gasteiger partial charge >= 0.3 is 0 Å². The van der Waals surface area contributed by atoms with Gasteiger partial charge in [0.25, 0.3) is 0 Å². The molecule has 2 heteroatoms. The van der Waals surface area contributed by atoms with Crippen molar-refractivity contribution in [2.24, 2.45) is 5.73 Å². The van der Waals surface area contributed by atoms with Gasteiger partial charge in [-0.2, -0.15) is 0 Å². The van der Waals surface area contributed by atoms with Crippen LogP contribution in [0.5, 0.6) is 0 Å². The number of hydrogen-bond donors (Lipinski definition) is 1. The van der Waals surface area contributed by atoms with Crippen molar-refractivity contribution in [2.75, 3.05) is 6.61 Å². The molecule has 0 spiro atoms. The first kappa shape index (κ1) is 6.62. The van der Waals surface area contributed by atoms with Crippen molar-refractivity contribution in [3.63, 3.8) is 0 Å². The van der Waals surface area contributed by atoms with Crippen LogP contribution in [0.4, 0.5) is 0 Å². The zero-order valence-corrected chi connectivity index (χ0v) is 5.98. The highest BCUT2D eigenvalue weighted by molar-refractivity contribution is 5.12. The maximum atomic E-state index is 5.73. The average molecular weight is 127 g/mol. The fraction of sp³-hybridized carbons (Fsp3) is 0.714. The monoisotopic (exact) mass is 127 g/mol.